The van der Waals surface area contributed by atoms with Crippen LogP contribution in [0.25, 0.3) is 0 Å². The van der Waals surface area contributed by atoms with Crippen molar-refractivity contribution in [3.05, 3.63) is 28.7 Å². The van der Waals surface area contributed by atoms with Crippen LogP contribution in [0.3, 0.4) is 0 Å². The highest BCUT2D eigenvalue weighted by molar-refractivity contribution is 5.85. The van der Waals surface area contributed by atoms with Gasteiger partial charge in [-0.25, -0.2) is 0 Å². The Hall–Kier alpha value is -1.13. The van der Waals surface area contributed by atoms with Gasteiger partial charge in [0.25, 0.3) is 0 Å². The average molecular weight is 243 g/mol. The Morgan fingerprint density at radius 1 is 1.44 bits per heavy atom. The Morgan fingerprint density at radius 2 is 2.25 bits per heavy atom. The van der Waals surface area contributed by atoms with Crippen LogP contribution in [0.4, 0.5) is 11.4 Å². The fourth-order valence-electron chi connectivity index (χ4n) is 2.07. The van der Waals surface area contributed by atoms with E-state index >= 15 is 0 Å². The van der Waals surface area contributed by atoms with E-state index in [-0.39, 0.29) is 19.0 Å². The molecule has 16 heavy (non-hydrogen) atoms. The molecule has 1 aromatic rings. The number of nitroso groups, excluding NO2 is 1. The summed E-state index contributed by atoms with van der Waals surface area (Å²) in [5.41, 5.74) is 2.77. The molecule has 0 unspecified atom stereocenters. The molecular weight excluding hydrogens is 228 g/mol. The number of benzene rings is 1. The van der Waals surface area contributed by atoms with Gasteiger partial charge in [0.05, 0.1) is 6.61 Å². The van der Waals surface area contributed by atoms with E-state index < -0.39 is 0 Å². The van der Waals surface area contributed by atoms with E-state index in [4.69, 9.17) is 5.11 Å². The van der Waals surface area contributed by atoms with Crippen LogP contribution in [0.5, 0.6) is 0 Å². The number of aliphatic hydroxyl groups is 1. The first-order chi connectivity index (χ1) is 7.35. The van der Waals surface area contributed by atoms with Crippen LogP contribution in [0.2, 0.25) is 0 Å². The number of aryl methyl sites for hydroxylation is 1. The normalized spacial score (nSPS) is 13.9. The van der Waals surface area contributed by atoms with Crippen molar-refractivity contribution in [3.8, 4) is 0 Å². The predicted molar refractivity (Wildman–Crippen MR) is 66.8 cm³/mol. The number of fused-ring (bicyclic) bond motifs is 1. The molecule has 0 amide bonds. The van der Waals surface area contributed by atoms with E-state index in [1.165, 1.54) is 0 Å². The molecule has 1 heterocycles. The maximum atomic E-state index is 10.4. The number of rotatable bonds is 3. The molecule has 0 spiro atoms. The topological polar surface area (TPSA) is 52.9 Å². The average Bonchev–Trinajstić information content (AvgIpc) is 2.29. The van der Waals surface area contributed by atoms with Gasteiger partial charge in [-0.2, -0.15) is 0 Å². The maximum Gasteiger partial charge on any atom is 0.108 e. The van der Waals surface area contributed by atoms with E-state index in [1.54, 1.807) is 6.07 Å². The van der Waals surface area contributed by atoms with E-state index in [2.05, 4.69) is 10.1 Å². The zero-order valence-corrected chi connectivity index (χ0v) is 9.74. The van der Waals surface area contributed by atoms with Crippen molar-refractivity contribution in [3.63, 3.8) is 0 Å². The number of hydrogen-bond acceptors (Lipinski definition) is 4. The van der Waals surface area contributed by atoms with Crippen LogP contribution in [0, 0.1) is 4.91 Å². The lowest BCUT2D eigenvalue weighted by atomic mass is 10.0. The lowest BCUT2D eigenvalue weighted by molar-refractivity contribution is 0.301. The minimum absolute atomic E-state index is 0. The fourth-order valence-corrected chi connectivity index (χ4v) is 2.07. The number of β-amino-alcohol motifs (C(OH)–C–C–N with tert-alkyl or cyclic N) is 1. The van der Waals surface area contributed by atoms with Crippen molar-refractivity contribution >= 4 is 23.8 Å². The maximum absolute atomic E-state index is 10.4. The Kier molecular flexibility index (Phi) is 4.71. The highest BCUT2D eigenvalue weighted by Crippen LogP contribution is 2.30. The number of hydrogen-bond donors (Lipinski definition) is 1. The summed E-state index contributed by atoms with van der Waals surface area (Å²) in [5.74, 6) is 0. The molecule has 0 aliphatic carbocycles. The standard InChI is InChI=1S/C11H14N2O2.ClH/c14-7-6-13-5-1-2-9-8-10(12-15)3-4-11(9)13;/h3-4,8,14H,1-2,5-7H2;1H. The second kappa shape index (κ2) is 5.82. The molecular formula is C11H15ClN2O2. The van der Waals surface area contributed by atoms with Crippen molar-refractivity contribution in [1.82, 2.24) is 0 Å². The van der Waals surface area contributed by atoms with Gasteiger partial charge in [-0.3, -0.25) is 0 Å². The molecule has 0 atom stereocenters. The zero-order valence-electron chi connectivity index (χ0n) is 8.93. The number of halogens is 1. The molecule has 1 N–H and O–H groups in total. The molecule has 5 heteroatoms. The first kappa shape index (κ1) is 12.9. The minimum atomic E-state index is 0. The van der Waals surface area contributed by atoms with Gasteiger partial charge < -0.3 is 10.0 Å². The van der Waals surface area contributed by atoms with Crippen molar-refractivity contribution in [1.29, 1.82) is 0 Å². The molecule has 4 nitrogen and oxygen atoms in total. The summed E-state index contributed by atoms with van der Waals surface area (Å²) in [7, 11) is 0. The summed E-state index contributed by atoms with van der Waals surface area (Å²) >= 11 is 0. The van der Waals surface area contributed by atoms with E-state index in [0.29, 0.717) is 12.2 Å². The second-order valence-corrected chi connectivity index (χ2v) is 3.72. The van der Waals surface area contributed by atoms with Gasteiger partial charge in [0.1, 0.15) is 5.69 Å². The van der Waals surface area contributed by atoms with Crippen LogP contribution < -0.4 is 4.90 Å². The molecule has 0 radical (unpaired) electrons. The summed E-state index contributed by atoms with van der Waals surface area (Å²) in [4.78, 5) is 12.5. The predicted octanol–water partition coefficient (Wildman–Crippen LogP) is 2.25. The highest BCUT2D eigenvalue weighted by Gasteiger charge is 2.16. The van der Waals surface area contributed by atoms with Crippen molar-refractivity contribution in [2.24, 2.45) is 5.18 Å². The molecule has 0 fully saturated rings. The lowest BCUT2D eigenvalue weighted by Gasteiger charge is -2.30. The molecule has 1 aliphatic heterocycles. The second-order valence-electron chi connectivity index (χ2n) is 3.72. The molecule has 0 aromatic heterocycles. The van der Waals surface area contributed by atoms with E-state index in [9.17, 15) is 4.91 Å². The summed E-state index contributed by atoms with van der Waals surface area (Å²) in [6.45, 7) is 1.79. The summed E-state index contributed by atoms with van der Waals surface area (Å²) in [6, 6.07) is 5.48. The van der Waals surface area contributed by atoms with E-state index in [0.717, 1.165) is 30.6 Å². The van der Waals surface area contributed by atoms with Crippen molar-refractivity contribution in [2.45, 2.75) is 12.8 Å². The monoisotopic (exact) mass is 242 g/mol. The van der Waals surface area contributed by atoms with Crippen LogP contribution in [-0.2, 0) is 6.42 Å². The fraction of sp³-hybridized carbons (Fsp3) is 0.455. The molecule has 0 saturated heterocycles. The number of nitrogens with zero attached hydrogens (tertiary/aromatic N) is 2. The van der Waals surface area contributed by atoms with Gasteiger partial charge in [0, 0.05) is 18.8 Å². The van der Waals surface area contributed by atoms with Gasteiger partial charge >= 0.3 is 0 Å². The van der Waals surface area contributed by atoms with Gasteiger partial charge in [-0.05, 0) is 41.8 Å². The molecule has 2 rings (SSSR count). The third-order valence-corrected chi connectivity index (χ3v) is 2.75. The Morgan fingerprint density at radius 3 is 2.94 bits per heavy atom. The number of aliphatic hydroxyl groups excluding tert-OH is 1. The van der Waals surface area contributed by atoms with Gasteiger partial charge in [0.2, 0.25) is 0 Å². The summed E-state index contributed by atoms with van der Waals surface area (Å²) < 4.78 is 0. The SMILES string of the molecule is Cl.O=Nc1ccc2c(c1)CCCN2CCO. The van der Waals surface area contributed by atoms with Crippen molar-refractivity contribution < 1.29 is 5.11 Å². The lowest BCUT2D eigenvalue weighted by Crippen LogP contribution is -2.31. The van der Waals surface area contributed by atoms with Crippen LogP contribution >= 0.6 is 12.4 Å². The summed E-state index contributed by atoms with van der Waals surface area (Å²) in [5, 5.41) is 11.9. The molecule has 0 bridgehead atoms. The van der Waals surface area contributed by atoms with Gasteiger partial charge in [-0.15, -0.1) is 17.3 Å². The molecule has 1 aromatic carbocycles. The van der Waals surface area contributed by atoms with Crippen LogP contribution in [-0.4, -0.2) is 24.8 Å². The van der Waals surface area contributed by atoms with Crippen molar-refractivity contribution in [2.75, 3.05) is 24.6 Å². The Balaban J connectivity index is 0.00000128. The molecule has 0 saturated carbocycles. The summed E-state index contributed by atoms with van der Waals surface area (Å²) in [6.07, 6.45) is 2.05. The first-order valence-electron chi connectivity index (χ1n) is 5.17. The largest absolute Gasteiger partial charge is 0.395 e. The third-order valence-electron chi connectivity index (χ3n) is 2.75. The molecule has 1 aliphatic rings. The van der Waals surface area contributed by atoms with Crippen LogP contribution in [0.15, 0.2) is 23.4 Å². The zero-order chi connectivity index (χ0) is 10.7. The smallest absolute Gasteiger partial charge is 0.108 e. The van der Waals surface area contributed by atoms with E-state index in [1.807, 2.05) is 12.1 Å². The third kappa shape index (κ3) is 2.51. The van der Waals surface area contributed by atoms with Gasteiger partial charge in [-0.1, -0.05) is 0 Å². The number of anilines is 1. The minimum Gasteiger partial charge on any atom is -0.395 e. The quantitative estimate of drug-likeness (QED) is 0.828. The highest BCUT2D eigenvalue weighted by atomic mass is 35.5. The van der Waals surface area contributed by atoms with Crippen LogP contribution in [0.1, 0.15) is 12.0 Å². The Labute approximate surface area is 101 Å². The Bertz CT molecular complexity index is 371. The van der Waals surface area contributed by atoms with Gasteiger partial charge in [0.15, 0.2) is 0 Å². The first-order valence-corrected chi connectivity index (χ1v) is 5.17. The molecule has 88 valence electrons.